The van der Waals surface area contributed by atoms with Crippen LogP contribution < -0.4 is 10.6 Å². The second-order valence-electron chi connectivity index (χ2n) is 7.11. The molecule has 3 rings (SSSR count). The maximum atomic E-state index is 12.8. The van der Waals surface area contributed by atoms with Gasteiger partial charge in [0, 0.05) is 18.0 Å². The number of carbonyl (C=O) groups is 2. The Bertz CT molecular complexity index is 666. The number of halogens is 3. The summed E-state index contributed by atoms with van der Waals surface area (Å²) in [7, 11) is 0. The van der Waals surface area contributed by atoms with Crippen molar-refractivity contribution in [2.24, 2.45) is 5.92 Å². The van der Waals surface area contributed by atoms with Crippen LogP contribution in [-0.2, 0) is 9.59 Å². The van der Waals surface area contributed by atoms with Crippen LogP contribution in [0.1, 0.15) is 38.5 Å². The maximum Gasteiger partial charge on any atom is 0.247 e. The molecule has 2 unspecified atom stereocenters. The van der Waals surface area contributed by atoms with Gasteiger partial charge < -0.3 is 15.5 Å². The van der Waals surface area contributed by atoms with Crippen molar-refractivity contribution in [3.8, 4) is 0 Å². The number of hydrogen-bond acceptors (Lipinski definition) is 3. The molecular weight excluding hydrogens is 409 g/mol. The van der Waals surface area contributed by atoms with Crippen LogP contribution in [0.4, 0.5) is 5.69 Å². The lowest BCUT2D eigenvalue weighted by atomic mass is 9.98. The van der Waals surface area contributed by atoms with E-state index in [1.54, 1.807) is 23.1 Å². The fourth-order valence-electron chi connectivity index (χ4n) is 3.74. The second-order valence-corrected chi connectivity index (χ2v) is 7.95. The largest absolute Gasteiger partial charge is 0.331 e. The molecule has 2 heterocycles. The molecule has 2 atom stereocenters. The minimum Gasteiger partial charge on any atom is -0.331 e. The number of anilines is 1. The van der Waals surface area contributed by atoms with Crippen LogP contribution in [0.2, 0.25) is 10.0 Å². The first-order valence-electron chi connectivity index (χ1n) is 9.30. The maximum absolute atomic E-state index is 12.8. The Balaban J connectivity index is 0.00000261. The third-order valence-corrected chi connectivity index (χ3v) is 5.81. The third kappa shape index (κ3) is 5.98. The highest BCUT2D eigenvalue weighted by atomic mass is 35.5. The predicted octanol–water partition coefficient (Wildman–Crippen LogP) is 4.12. The number of carbonyl (C=O) groups excluding carboxylic acids is 2. The van der Waals surface area contributed by atoms with Crippen LogP contribution in [0, 0.1) is 5.92 Å². The van der Waals surface area contributed by atoms with Gasteiger partial charge in [0.2, 0.25) is 11.8 Å². The van der Waals surface area contributed by atoms with E-state index in [1.165, 1.54) is 0 Å². The smallest absolute Gasteiger partial charge is 0.247 e. The van der Waals surface area contributed by atoms with Gasteiger partial charge >= 0.3 is 0 Å². The van der Waals surface area contributed by atoms with E-state index in [2.05, 4.69) is 10.6 Å². The molecule has 0 radical (unpaired) electrons. The molecule has 5 nitrogen and oxygen atoms in total. The van der Waals surface area contributed by atoms with Gasteiger partial charge in [-0.05, 0) is 69.3 Å². The number of nitrogens with zero attached hydrogens (tertiary/aromatic N) is 1. The number of hydrogen-bond donors (Lipinski definition) is 2. The lowest BCUT2D eigenvalue weighted by Crippen LogP contribution is -2.50. The molecule has 1 aromatic carbocycles. The van der Waals surface area contributed by atoms with Gasteiger partial charge in [0.1, 0.15) is 6.04 Å². The van der Waals surface area contributed by atoms with Crippen molar-refractivity contribution in [1.82, 2.24) is 10.2 Å². The number of benzene rings is 1. The van der Waals surface area contributed by atoms with Crippen molar-refractivity contribution >= 4 is 53.1 Å². The summed E-state index contributed by atoms with van der Waals surface area (Å²) in [5.41, 5.74) is 0.485. The minimum atomic E-state index is -0.437. The average Bonchev–Trinajstić information content (AvgIpc) is 3.16. The second kappa shape index (κ2) is 10.5. The highest BCUT2D eigenvalue weighted by Crippen LogP contribution is 2.27. The van der Waals surface area contributed by atoms with E-state index in [0.29, 0.717) is 41.0 Å². The van der Waals surface area contributed by atoms with Crippen LogP contribution in [0.5, 0.6) is 0 Å². The molecule has 1 aromatic rings. The molecule has 2 fully saturated rings. The highest BCUT2D eigenvalue weighted by Gasteiger charge is 2.32. The molecule has 2 aliphatic heterocycles. The van der Waals surface area contributed by atoms with E-state index in [4.69, 9.17) is 23.2 Å². The van der Waals surface area contributed by atoms with Crippen molar-refractivity contribution in [2.45, 2.75) is 44.6 Å². The Labute approximate surface area is 176 Å². The molecule has 0 saturated carbocycles. The van der Waals surface area contributed by atoms with Gasteiger partial charge in [0.25, 0.3) is 0 Å². The van der Waals surface area contributed by atoms with E-state index in [9.17, 15) is 9.59 Å². The first-order valence-corrected chi connectivity index (χ1v) is 10.1. The highest BCUT2D eigenvalue weighted by molar-refractivity contribution is 6.35. The van der Waals surface area contributed by atoms with Crippen LogP contribution in [0.15, 0.2) is 18.2 Å². The van der Waals surface area contributed by atoms with Crippen LogP contribution in [-0.4, -0.2) is 42.4 Å². The van der Waals surface area contributed by atoms with Crippen LogP contribution in [0.3, 0.4) is 0 Å². The quantitative estimate of drug-likeness (QED) is 0.732. The zero-order valence-corrected chi connectivity index (χ0v) is 17.5. The SMILES string of the molecule is Cl.O=C(Nc1cc(Cl)ccc1Cl)C1CCCCN1C(=O)CCC1CCNC1. The molecule has 2 saturated heterocycles. The van der Waals surface area contributed by atoms with Crippen molar-refractivity contribution < 1.29 is 9.59 Å². The average molecular weight is 435 g/mol. The normalized spacial score (nSPS) is 22.2. The molecule has 8 heteroatoms. The van der Waals surface area contributed by atoms with Gasteiger partial charge in [0.15, 0.2) is 0 Å². The summed E-state index contributed by atoms with van der Waals surface area (Å²) >= 11 is 12.1. The Kier molecular flexibility index (Phi) is 8.67. The number of rotatable bonds is 5. The van der Waals surface area contributed by atoms with Gasteiger partial charge in [-0.2, -0.15) is 0 Å². The van der Waals surface area contributed by atoms with Gasteiger partial charge in [-0.3, -0.25) is 9.59 Å². The lowest BCUT2D eigenvalue weighted by Gasteiger charge is -2.35. The Morgan fingerprint density at radius 3 is 2.78 bits per heavy atom. The summed E-state index contributed by atoms with van der Waals surface area (Å²) in [6.45, 7) is 2.67. The molecule has 27 heavy (non-hydrogen) atoms. The van der Waals surface area contributed by atoms with Crippen molar-refractivity contribution in [3.05, 3.63) is 28.2 Å². The van der Waals surface area contributed by atoms with Gasteiger partial charge in [-0.15, -0.1) is 12.4 Å². The summed E-state index contributed by atoms with van der Waals surface area (Å²) in [5.74, 6) is 0.458. The van der Waals surface area contributed by atoms with Gasteiger partial charge in [0.05, 0.1) is 10.7 Å². The van der Waals surface area contributed by atoms with Crippen LogP contribution in [0.25, 0.3) is 0 Å². The van der Waals surface area contributed by atoms with Crippen molar-refractivity contribution in [2.75, 3.05) is 25.0 Å². The summed E-state index contributed by atoms with van der Waals surface area (Å²) < 4.78 is 0. The Hall–Kier alpha value is -1.01. The summed E-state index contributed by atoms with van der Waals surface area (Å²) in [6, 6.07) is 4.52. The first kappa shape index (κ1) is 22.3. The molecule has 0 bridgehead atoms. The summed E-state index contributed by atoms with van der Waals surface area (Å²) in [5, 5.41) is 7.11. The lowest BCUT2D eigenvalue weighted by molar-refractivity contribution is -0.140. The molecule has 2 N–H and O–H groups in total. The molecule has 2 aliphatic rings. The van der Waals surface area contributed by atoms with Crippen LogP contribution >= 0.6 is 35.6 Å². The van der Waals surface area contributed by atoms with E-state index >= 15 is 0 Å². The monoisotopic (exact) mass is 433 g/mol. The third-order valence-electron chi connectivity index (χ3n) is 5.24. The number of nitrogens with one attached hydrogen (secondary N) is 2. The molecule has 0 aromatic heterocycles. The fourth-order valence-corrected chi connectivity index (χ4v) is 4.08. The molecule has 2 amide bonds. The van der Waals surface area contributed by atoms with Crippen molar-refractivity contribution in [3.63, 3.8) is 0 Å². The van der Waals surface area contributed by atoms with E-state index in [-0.39, 0.29) is 24.2 Å². The topological polar surface area (TPSA) is 61.4 Å². The van der Waals surface area contributed by atoms with Gasteiger partial charge in [-0.1, -0.05) is 23.2 Å². The fraction of sp³-hybridized carbons (Fsp3) is 0.579. The van der Waals surface area contributed by atoms with Gasteiger partial charge in [-0.25, -0.2) is 0 Å². The predicted molar refractivity (Wildman–Crippen MR) is 112 cm³/mol. The zero-order valence-electron chi connectivity index (χ0n) is 15.2. The van der Waals surface area contributed by atoms with Crippen molar-refractivity contribution in [1.29, 1.82) is 0 Å². The molecule has 150 valence electrons. The standard InChI is InChI=1S/C19H25Cl2N3O2.ClH/c20-14-5-6-15(21)16(11-14)23-19(26)17-3-1-2-10-24(17)18(25)7-4-13-8-9-22-12-13;/h5-6,11,13,17,22H,1-4,7-10,12H2,(H,23,26);1H. The summed E-state index contributed by atoms with van der Waals surface area (Å²) in [6.07, 6.45) is 5.09. The Morgan fingerprint density at radius 1 is 1.22 bits per heavy atom. The van der Waals surface area contributed by atoms with E-state index in [1.807, 2.05) is 0 Å². The first-order chi connectivity index (χ1) is 12.5. The number of amides is 2. The molecule has 0 spiro atoms. The van der Waals surface area contributed by atoms with E-state index < -0.39 is 6.04 Å². The molecule has 0 aliphatic carbocycles. The molecular formula is C19H26Cl3N3O2. The zero-order chi connectivity index (χ0) is 18.5. The number of likely N-dealkylation sites (tertiary alicyclic amines) is 1. The Morgan fingerprint density at radius 2 is 2.04 bits per heavy atom. The number of piperidine rings is 1. The summed E-state index contributed by atoms with van der Waals surface area (Å²) in [4.78, 5) is 27.3. The van der Waals surface area contributed by atoms with E-state index in [0.717, 1.165) is 38.8 Å². The minimum absolute atomic E-state index is 0.